The SMILES string of the molecule is CC(C)(C)OC(=O)N1CCC2(CC1)CN(Cc1nc(-c3ccc(Oc4ccccc4C(F)(F)F)c(C(F)(F)F)c3)no1)CN2. The molecule has 0 radical (unpaired) electrons. The first kappa shape index (κ1) is 31.6. The van der Waals surface area contributed by atoms with Gasteiger partial charge < -0.3 is 18.9 Å². The fraction of sp³-hybridized carbons (Fsp3) is 0.483. The van der Waals surface area contributed by atoms with E-state index in [1.807, 2.05) is 25.7 Å². The molecule has 1 spiro atoms. The van der Waals surface area contributed by atoms with Crippen molar-refractivity contribution in [3.63, 3.8) is 0 Å². The minimum atomic E-state index is -4.94. The first-order chi connectivity index (χ1) is 20.5. The number of benzene rings is 2. The number of ether oxygens (including phenoxy) is 2. The van der Waals surface area contributed by atoms with Crippen molar-refractivity contribution in [3.05, 3.63) is 59.5 Å². The second-order valence-corrected chi connectivity index (χ2v) is 11.9. The second-order valence-electron chi connectivity index (χ2n) is 11.9. The van der Waals surface area contributed by atoms with E-state index in [-0.39, 0.29) is 35.5 Å². The highest BCUT2D eigenvalue weighted by molar-refractivity contribution is 5.68. The number of amides is 1. The van der Waals surface area contributed by atoms with Crippen LogP contribution in [-0.2, 0) is 23.6 Å². The average Bonchev–Trinajstić information content (AvgIpc) is 3.55. The van der Waals surface area contributed by atoms with Crippen LogP contribution in [0.15, 0.2) is 47.0 Å². The van der Waals surface area contributed by atoms with E-state index in [1.165, 1.54) is 12.1 Å². The zero-order valence-electron chi connectivity index (χ0n) is 24.2. The summed E-state index contributed by atoms with van der Waals surface area (Å²) in [5.74, 6) is -1.49. The van der Waals surface area contributed by atoms with E-state index in [4.69, 9.17) is 14.0 Å². The summed E-state index contributed by atoms with van der Waals surface area (Å²) in [6, 6.07) is 6.89. The fourth-order valence-corrected chi connectivity index (χ4v) is 5.23. The molecule has 1 amide bonds. The lowest BCUT2D eigenvalue weighted by molar-refractivity contribution is -0.139. The normalized spacial score (nSPS) is 17.7. The first-order valence-corrected chi connectivity index (χ1v) is 13.8. The molecule has 5 rings (SSSR count). The van der Waals surface area contributed by atoms with Crippen molar-refractivity contribution in [2.75, 3.05) is 26.3 Å². The molecule has 9 nitrogen and oxygen atoms in total. The van der Waals surface area contributed by atoms with E-state index in [2.05, 4.69) is 15.5 Å². The van der Waals surface area contributed by atoms with Gasteiger partial charge in [-0.2, -0.15) is 31.3 Å². The Hall–Kier alpha value is -3.85. The number of aromatic nitrogens is 2. The number of hydrogen-bond acceptors (Lipinski definition) is 8. The van der Waals surface area contributed by atoms with E-state index in [9.17, 15) is 31.1 Å². The van der Waals surface area contributed by atoms with Gasteiger partial charge in [0.2, 0.25) is 11.7 Å². The van der Waals surface area contributed by atoms with Crippen molar-refractivity contribution in [2.45, 2.75) is 63.7 Å². The highest BCUT2D eigenvalue weighted by Crippen LogP contribution is 2.43. The van der Waals surface area contributed by atoms with Crippen LogP contribution in [-0.4, -0.2) is 63.5 Å². The van der Waals surface area contributed by atoms with E-state index in [0.717, 1.165) is 24.3 Å². The lowest BCUT2D eigenvalue weighted by atomic mass is 9.88. The van der Waals surface area contributed by atoms with Gasteiger partial charge in [0, 0.05) is 37.4 Å². The molecule has 15 heteroatoms. The molecule has 0 bridgehead atoms. The van der Waals surface area contributed by atoms with Gasteiger partial charge in [-0.15, -0.1) is 0 Å². The molecule has 0 unspecified atom stereocenters. The number of likely N-dealkylation sites (tertiary alicyclic amines) is 1. The smallest absolute Gasteiger partial charge is 0.420 e. The molecule has 44 heavy (non-hydrogen) atoms. The zero-order valence-corrected chi connectivity index (χ0v) is 24.2. The minimum absolute atomic E-state index is 0.0469. The number of alkyl halides is 6. The van der Waals surface area contributed by atoms with Gasteiger partial charge in [0.05, 0.1) is 17.7 Å². The topological polar surface area (TPSA) is 93.0 Å². The molecule has 0 atom stereocenters. The minimum Gasteiger partial charge on any atom is -0.456 e. The maximum atomic E-state index is 14.0. The van der Waals surface area contributed by atoms with Crippen LogP contribution in [0.1, 0.15) is 50.6 Å². The predicted molar refractivity (Wildman–Crippen MR) is 144 cm³/mol. The summed E-state index contributed by atoms with van der Waals surface area (Å²) < 4.78 is 97.9. The molecule has 0 aliphatic carbocycles. The van der Waals surface area contributed by atoms with Crippen LogP contribution >= 0.6 is 0 Å². The molecule has 238 valence electrons. The van der Waals surface area contributed by atoms with E-state index in [0.29, 0.717) is 45.2 Å². The van der Waals surface area contributed by atoms with Crippen molar-refractivity contribution in [3.8, 4) is 22.9 Å². The van der Waals surface area contributed by atoms with Gasteiger partial charge in [-0.25, -0.2) is 4.79 Å². The van der Waals surface area contributed by atoms with Gasteiger partial charge in [-0.3, -0.25) is 10.2 Å². The summed E-state index contributed by atoms with van der Waals surface area (Å²) in [5.41, 5.74) is -3.34. The number of rotatable bonds is 5. The van der Waals surface area contributed by atoms with Gasteiger partial charge in [0.25, 0.3) is 0 Å². The predicted octanol–water partition coefficient (Wildman–Crippen LogP) is 6.70. The standard InChI is InChI=1S/C29H31F6N5O4/c1-26(2,3)43-25(41)40-12-10-27(11-13-40)16-39(17-36-27)15-23-37-24(38-44-23)18-8-9-22(20(14-18)29(33,34)35)42-21-7-5-4-6-19(21)28(30,31)32/h4-9,14,36H,10-13,15-17H2,1-3H3. The summed E-state index contributed by atoms with van der Waals surface area (Å²) >= 11 is 0. The lowest BCUT2D eigenvalue weighted by Gasteiger charge is -2.39. The summed E-state index contributed by atoms with van der Waals surface area (Å²) in [6.45, 7) is 7.89. The third kappa shape index (κ3) is 7.26. The Labute approximate surface area is 249 Å². The van der Waals surface area contributed by atoms with Gasteiger partial charge >= 0.3 is 18.4 Å². The van der Waals surface area contributed by atoms with E-state index < -0.39 is 40.6 Å². The Morgan fingerprint density at radius 3 is 2.30 bits per heavy atom. The quantitative estimate of drug-likeness (QED) is 0.313. The van der Waals surface area contributed by atoms with Gasteiger partial charge in [0.15, 0.2) is 0 Å². The molecule has 2 saturated heterocycles. The Bertz CT molecular complexity index is 1490. The van der Waals surface area contributed by atoms with E-state index >= 15 is 0 Å². The lowest BCUT2D eigenvalue weighted by Crippen LogP contribution is -2.53. The van der Waals surface area contributed by atoms with Gasteiger partial charge in [-0.05, 0) is 63.9 Å². The van der Waals surface area contributed by atoms with Crippen molar-refractivity contribution in [1.29, 1.82) is 0 Å². The number of nitrogens with zero attached hydrogens (tertiary/aromatic N) is 4. The molecule has 1 aromatic heterocycles. The summed E-state index contributed by atoms with van der Waals surface area (Å²) in [5, 5.41) is 7.33. The number of nitrogens with one attached hydrogen (secondary N) is 1. The molecule has 3 heterocycles. The largest absolute Gasteiger partial charge is 0.456 e. The third-order valence-electron chi connectivity index (χ3n) is 7.36. The molecular formula is C29H31F6N5O4. The number of piperidine rings is 1. The number of halogens is 6. The molecule has 2 aliphatic rings. The van der Waals surface area contributed by atoms with E-state index in [1.54, 1.807) is 4.90 Å². The van der Waals surface area contributed by atoms with Crippen molar-refractivity contribution < 1.29 is 45.1 Å². The molecular weight excluding hydrogens is 596 g/mol. The van der Waals surface area contributed by atoms with Crippen molar-refractivity contribution in [2.24, 2.45) is 0 Å². The molecule has 2 aliphatic heterocycles. The Morgan fingerprint density at radius 2 is 1.64 bits per heavy atom. The average molecular weight is 628 g/mol. The number of carbonyl (C=O) groups excluding carboxylic acids is 1. The van der Waals surface area contributed by atoms with Crippen LogP contribution in [0.4, 0.5) is 31.1 Å². The maximum Gasteiger partial charge on any atom is 0.420 e. The van der Waals surface area contributed by atoms with Crippen LogP contribution in [0, 0.1) is 0 Å². The Balaban J connectivity index is 1.25. The Morgan fingerprint density at radius 1 is 0.977 bits per heavy atom. The van der Waals surface area contributed by atoms with Gasteiger partial charge in [0.1, 0.15) is 17.1 Å². The number of hydrogen-bond donors (Lipinski definition) is 1. The number of para-hydroxylation sites is 1. The molecule has 1 N–H and O–H groups in total. The van der Waals surface area contributed by atoms with Crippen LogP contribution in [0.3, 0.4) is 0 Å². The summed E-state index contributed by atoms with van der Waals surface area (Å²) in [4.78, 5) is 20.4. The summed E-state index contributed by atoms with van der Waals surface area (Å²) in [6.07, 6.45) is -8.70. The highest BCUT2D eigenvalue weighted by atomic mass is 19.4. The third-order valence-corrected chi connectivity index (χ3v) is 7.36. The van der Waals surface area contributed by atoms with Crippen LogP contribution in [0.2, 0.25) is 0 Å². The van der Waals surface area contributed by atoms with Crippen LogP contribution in [0.5, 0.6) is 11.5 Å². The summed E-state index contributed by atoms with van der Waals surface area (Å²) in [7, 11) is 0. The van der Waals surface area contributed by atoms with Crippen LogP contribution < -0.4 is 10.1 Å². The fourth-order valence-electron chi connectivity index (χ4n) is 5.23. The molecule has 0 saturated carbocycles. The zero-order chi connectivity index (χ0) is 31.9. The van der Waals surface area contributed by atoms with Gasteiger partial charge in [-0.1, -0.05) is 17.3 Å². The second kappa shape index (κ2) is 11.6. The maximum absolute atomic E-state index is 14.0. The molecule has 2 fully saturated rings. The van der Waals surface area contributed by atoms with Crippen LogP contribution in [0.25, 0.3) is 11.4 Å². The highest BCUT2D eigenvalue weighted by Gasteiger charge is 2.42. The van der Waals surface area contributed by atoms with Crippen molar-refractivity contribution >= 4 is 6.09 Å². The van der Waals surface area contributed by atoms with Crippen molar-refractivity contribution in [1.82, 2.24) is 25.3 Å². The first-order valence-electron chi connectivity index (χ1n) is 13.8. The monoisotopic (exact) mass is 627 g/mol. The molecule has 3 aromatic rings. The number of carbonyl (C=O) groups is 1. The Kier molecular flexibility index (Phi) is 8.31. The molecule has 2 aromatic carbocycles.